The molecule has 1 aromatic rings. The van der Waals surface area contributed by atoms with E-state index in [9.17, 15) is 15.2 Å². The number of rotatable bonds is 3. The number of hydrogen-bond acceptors (Lipinski definition) is 5. The van der Waals surface area contributed by atoms with Crippen LogP contribution in [0.2, 0.25) is 0 Å². The van der Waals surface area contributed by atoms with Gasteiger partial charge >= 0.3 is 0 Å². The Labute approximate surface area is 80.1 Å². The van der Waals surface area contributed by atoms with E-state index in [0.29, 0.717) is 0 Å². The number of aromatic hydroxyl groups is 1. The van der Waals surface area contributed by atoms with Crippen molar-refractivity contribution in [2.45, 2.75) is 6.54 Å². The van der Waals surface area contributed by atoms with E-state index in [4.69, 9.17) is 10.5 Å². The van der Waals surface area contributed by atoms with Gasteiger partial charge in [0.1, 0.15) is 0 Å². The highest BCUT2D eigenvalue weighted by Gasteiger charge is 2.17. The molecule has 14 heavy (non-hydrogen) atoms. The van der Waals surface area contributed by atoms with Crippen LogP contribution in [0.1, 0.15) is 5.56 Å². The van der Waals surface area contributed by atoms with E-state index >= 15 is 0 Å². The number of hydrogen-bond donors (Lipinski definition) is 2. The molecule has 6 nitrogen and oxygen atoms in total. The number of ether oxygens (including phenoxy) is 1. The molecule has 0 aromatic heterocycles. The van der Waals surface area contributed by atoms with Gasteiger partial charge in [0.15, 0.2) is 11.5 Å². The number of nitrogens with zero attached hydrogens (tertiary/aromatic N) is 1. The Hall–Kier alpha value is -1.82. The van der Waals surface area contributed by atoms with Crippen molar-refractivity contribution in [3.8, 4) is 11.5 Å². The fraction of sp³-hybridized carbons (Fsp3) is 0.250. The van der Waals surface area contributed by atoms with Crippen LogP contribution in [0.3, 0.4) is 0 Å². The van der Waals surface area contributed by atoms with Crippen LogP contribution in [0, 0.1) is 10.1 Å². The highest BCUT2D eigenvalue weighted by atomic mass is 16.6. The molecule has 76 valence electrons. The Balaban J connectivity index is 3.32. The molecule has 0 aliphatic heterocycles. The minimum atomic E-state index is -0.565. The first-order valence-electron chi connectivity index (χ1n) is 3.84. The minimum absolute atomic E-state index is 0.00608. The van der Waals surface area contributed by atoms with E-state index in [1.165, 1.54) is 13.2 Å². The average Bonchev–Trinajstić information content (AvgIpc) is 2.16. The predicted octanol–water partition coefficient (Wildman–Crippen LogP) is 0.768. The molecule has 0 heterocycles. The summed E-state index contributed by atoms with van der Waals surface area (Å²) in [5.74, 6) is -0.0903. The van der Waals surface area contributed by atoms with Crippen molar-refractivity contribution in [2.75, 3.05) is 7.11 Å². The van der Waals surface area contributed by atoms with Crippen LogP contribution in [-0.4, -0.2) is 17.1 Å². The number of nitro benzene ring substituents is 1. The highest BCUT2D eigenvalue weighted by molar-refractivity contribution is 5.53. The maximum Gasteiger partial charge on any atom is 0.277 e. The molecule has 0 bridgehead atoms. The Kier molecular flexibility index (Phi) is 2.88. The molecule has 0 unspecified atom stereocenters. The molecule has 0 aliphatic carbocycles. The molecule has 0 saturated carbocycles. The van der Waals surface area contributed by atoms with Crippen molar-refractivity contribution in [1.29, 1.82) is 0 Å². The Morgan fingerprint density at radius 2 is 2.29 bits per heavy atom. The molecule has 0 saturated heterocycles. The second kappa shape index (κ2) is 3.93. The first kappa shape index (κ1) is 10.3. The summed E-state index contributed by atoms with van der Waals surface area (Å²) in [5, 5.41) is 19.9. The second-order valence-electron chi connectivity index (χ2n) is 2.61. The van der Waals surface area contributed by atoms with Gasteiger partial charge in [-0.1, -0.05) is 0 Å². The van der Waals surface area contributed by atoms with E-state index in [0.717, 1.165) is 6.07 Å². The third-order valence-electron chi connectivity index (χ3n) is 1.80. The van der Waals surface area contributed by atoms with Crippen molar-refractivity contribution in [3.63, 3.8) is 0 Å². The van der Waals surface area contributed by atoms with Gasteiger partial charge in [-0.05, 0) is 6.07 Å². The molecule has 1 aromatic carbocycles. The lowest BCUT2D eigenvalue weighted by Crippen LogP contribution is -2.02. The fourth-order valence-corrected chi connectivity index (χ4v) is 1.10. The lowest BCUT2D eigenvalue weighted by atomic mass is 10.1. The topological polar surface area (TPSA) is 98.6 Å². The standard InChI is InChI=1S/C8H10N2O4/c1-14-8-3-6(10(12)13)5(4-9)2-7(8)11/h2-3,11H,4,9H2,1H3. The van der Waals surface area contributed by atoms with Crippen molar-refractivity contribution in [2.24, 2.45) is 5.73 Å². The van der Waals surface area contributed by atoms with Crippen molar-refractivity contribution >= 4 is 5.69 Å². The zero-order chi connectivity index (χ0) is 10.7. The van der Waals surface area contributed by atoms with E-state index in [1.807, 2.05) is 0 Å². The van der Waals surface area contributed by atoms with Gasteiger partial charge in [0.25, 0.3) is 5.69 Å². The molecule has 6 heteroatoms. The summed E-state index contributed by atoms with van der Waals surface area (Å²) in [6.45, 7) is -0.00608. The molecule has 0 fully saturated rings. The summed E-state index contributed by atoms with van der Waals surface area (Å²) in [6.07, 6.45) is 0. The monoisotopic (exact) mass is 198 g/mol. The van der Waals surface area contributed by atoms with Crippen LogP contribution in [-0.2, 0) is 6.54 Å². The summed E-state index contributed by atoms with van der Waals surface area (Å²) in [6, 6.07) is 2.38. The fourth-order valence-electron chi connectivity index (χ4n) is 1.10. The van der Waals surface area contributed by atoms with Crippen LogP contribution < -0.4 is 10.5 Å². The highest BCUT2D eigenvalue weighted by Crippen LogP contribution is 2.33. The molecule has 0 amide bonds. The first-order chi connectivity index (χ1) is 6.60. The predicted molar refractivity (Wildman–Crippen MR) is 49.2 cm³/mol. The molecule has 1 rings (SSSR count). The van der Waals surface area contributed by atoms with Crippen LogP contribution >= 0.6 is 0 Å². The van der Waals surface area contributed by atoms with Gasteiger partial charge in [-0.3, -0.25) is 10.1 Å². The summed E-state index contributed by atoms with van der Waals surface area (Å²) in [7, 11) is 1.32. The van der Waals surface area contributed by atoms with Crippen LogP contribution in [0.4, 0.5) is 5.69 Å². The summed E-state index contributed by atoms with van der Waals surface area (Å²) < 4.78 is 4.74. The molecule has 0 radical (unpaired) electrons. The third kappa shape index (κ3) is 1.74. The van der Waals surface area contributed by atoms with Crippen LogP contribution in [0.15, 0.2) is 12.1 Å². The summed E-state index contributed by atoms with van der Waals surface area (Å²) >= 11 is 0. The van der Waals surface area contributed by atoms with E-state index in [1.54, 1.807) is 0 Å². The molecular formula is C8H10N2O4. The zero-order valence-corrected chi connectivity index (χ0v) is 7.56. The number of methoxy groups -OCH3 is 1. The number of benzene rings is 1. The minimum Gasteiger partial charge on any atom is -0.504 e. The second-order valence-corrected chi connectivity index (χ2v) is 2.61. The largest absolute Gasteiger partial charge is 0.504 e. The zero-order valence-electron chi connectivity index (χ0n) is 7.56. The van der Waals surface area contributed by atoms with Gasteiger partial charge < -0.3 is 15.6 Å². The van der Waals surface area contributed by atoms with Gasteiger partial charge in [0.05, 0.1) is 18.1 Å². The SMILES string of the molecule is COc1cc([N+](=O)[O-])c(CN)cc1O. The lowest BCUT2D eigenvalue weighted by Gasteiger charge is -2.05. The normalized spacial score (nSPS) is 9.86. The molecule has 0 spiro atoms. The molecule has 3 N–H and O–H groups in total. The van der Waals surface area contributed by atoms with E-state index < -0.39 is 4.92 Å². The van der Waals surface area contributed by atoms with Crippen LogP contribution in [0.5, 0.6) is 11.5 Å². The number of phenolic OH excluding ortho intramolecular Hbond substituents is 1. The number of nitrogens with two attached hydrogens (primary N) is 1. The Bertz CT molecular complexity index is 365. The van der Waals surface area contributed by atoms with E-state index in [2.05, 4.69) is 0 Å². The summed E-state index contributed by atoms with van der Waals surface area (Å²) in [4.78, 5) is 10.0. The smallest absolute Gasteiger partial charge is 0.277 e. The Morgan fingerprint density at radius 1 is 1.64 bits per heavy atom. The van der Waals surface area contributed by atoms with Gasteiger partial charge in [0, 0.05) is 12.1 Å². The van der Waals surface area contributed by atoms with E-state index in [-0.39, 0.29) is 29.3 Å². The van der Waals surface area contributed by atoms with Gasteiger partial charge in [0.2, 0.25) is 0 Å². The molecule has 0 atom stereocenters. The third-order valence-corrected chi connectivity index (χ3v) is 1.80. The number of phenols is 1. The van der Waals surface area contributed by atoms with Crippen LogP contribution in [0.25, 0.3) is 0 Å². The first-order valence-corrected chi connectivity index (χ1v) is 3.84. The van der Waals surface area contributed by atoms with Crippen molar-refractivity contribution in [1.82, 2.24) is 0 Å². The van der Waals surface area contributed by atoms with Crippen molar-refractivity contribution in [3.05, 3.63) is 27.8 Å². The summed E-state index contributed by atoms with van der Waals surface area (Å²) in [5.41, 5.74) is 5.41. The quantitative estimate of drug-likeness (QED) is 0.552. The molecular weight excluding hydrogens is 188 g/mol. The van der Waals surface area contributed by atoms with Gasteiger partial charge in [-0.2, -0.15) is 0 Å². The maximum absolute atomic E-state index is 10.6. The average molecular weight is 198 g/mol. The number of nitro groups is 1. The maximum atomic E-state index is 10.6. The molecule has 0 aliphatic rings. The Morgan fingerprint density at radius 3 is 2.71 bits per heavy atom. The van der Waals surface area contributed by atoms with Gasteiger partial charge in [-0.25, -0.2) is 0 Å². The van der Waals surface area contributed by atoms with Gasteiger partial charge in [-0.15, -0.1) is 0 Å². The lowest BCUT2D eigenvalue weighted by molar-refractivity contribution is -0.385. The van der Waals surface area contributed by atoms with Crippen molar-refractivity contribution < 1.29 is 14.8 Å².